The Balaban J connectivity index is 2.79. The normalized spacial score (nSPS) is 13.8. The summed E-state index contributed by atoms with van der Waals surface area (Å²) in [5.74, 6) is 5.29. The lowest BCUT2D eigenvalue weighted by Gasteiger charge is -2.23. The summed E-state index contributed by atoms with van der Waals surface area (Å²) in [4.78, 5) is 0. The van der Waals surface area contributed by atoms with E-state index in [0.29, 0.717) is 5.56 Å². The molecule has 0 bridgehead atoms. The average Bonchev–Trinajstić information content (AvgIpc) is 2.19. The molecule has 2 nitrogen and oxygen atoms in total. The molecule has 96 valence electrons. The van der Waals surface area contributed by atoms with E-state index in [1.54, 1.807) is 6.07 Å². The molecule has 0 saturated carbocycles. The van der Waals surface area contributed by atoms with E-state index in [-0.39, 0.29) is 17.3 Å². The van der Waals surface area contributed by atoms with Crippen LogP contribution in [0.1, 0.15) is 45.2 Å². The molecule has 17 heavy (non-hydrogen) atoms. The predicted octanol–water partition coefficient (Wildman–Crippen LogP) is 3.92. The van der Waals surface area contributed by atoms with Gasteiger partial charge in [-0.1, -0.05) is 42.8 Å². The molecule has 0 saturated heterocycles. The Kier molecular flexibility index (Phi) is 5.10. The molecule has 0 aliphatic carbocycles. The van der Waals surface area contributed by atoms with Gasteiger partial charge in [-0.25, -0.2) is 4.39 Å². The van der Waals surface area contributed by atoms with Crippen molar-refractivity contribution in [2.45, 2.75) is 39.7 Å². The van der Waals surface area contributed by atoms with Gasteiger partial charge < -0.3 is 0 Å². The fraction of sp³-hybridized carbons (Fsp3) is 0.538. The van der Waals surface area contributed by atoms with Gasteiger partial charge in [-0.05, 0) is 30.4 Å². The second kappa shape index (κ2) is 5.94. The third-order valence-electron chi connectivity index (χ3n) is 2.72. The SMILES string of the molecule is CC(C)(C)CCC(NN)c1ccc(Br)cc1F. The first kappa shape index (κ1) is 14.6. The van der Waals surface area contributed by atoms with E-state index in [4.69, 9.17) is 5.84 Å². The van der Waals surface area contributed by atoms with Crippen molar-refractivity contribution in [1.29, 1.82) is 0 Å². The molecule has 1 unspecified atom stereocenters. The van der Waals surface area contributed by atoms with Crippen molar-refractivity contribution >= 4 is 15.9 Å². The van der Waals surface area contributed by atoms with Gasteiger partial charge in [0.05, 0.1) is 0 Å². The number of hydrazine groups is 1. The van der Waals surface area contributed by atoms with Crippen molar-refractivity contribution in [3.63, 3.8) is 0 Å². The van der Waals surface area contributed by atoms with E-state index in [9.17, 15) is 4.39 Å². The second-order valence-corrected chi connectivity index (χ2v) is 6.40. The van der Waals surface area contributed by atoms with Crippen LogP contribution in [0.4, 0.5) is 4.39 Å². The summed E-state index contributed by atoms with van der Waals surface area (Å²) < 4.78 is 14.5. The van der Waals surface area contributed by atoms with Gasteiger partial charge in [0, 0.05) is 16.1 Å². The second-order valence-electron chi connectivity index (χ2n) is 5.48. The lowest BCUT2D eigenvalue weighted by atomic mass is 9.87. The molecule has 0 amide bonds. The molecule has 0 aromatic heterocycles. The van der Waals surface area contributed by atoms with Crippen LogP contribution in [-0.2, 0) is 0 Å². The Morgan fingerprint density at radius 3 is 2.53 bits per heavy atom. The third-order valence-corrected chi connectivity index (χ3v) is 3.22. The number of nitrogens with one attached hydrogen (secondary N) is 1. The molecule has 1 aromatic carbocycles. The molecule has 0 spiro atoms. The molecule has 0 fully saturated rings. The van der Waals surface area contributed by atoms with E-state index in [1.807, 2.05) is 6.07 Å². The fourth-order valence-corrected chi connectivity index (χ4v) is 2.02. The largest absolute Gasteiger partial charge is 0.271 e. The summed E-state index contributed by atoms with van der Waals surface area (Å²) in [5, 5.41) is 0. The minimum atomic E-state index is -0.226. The Morgan fingerprint density at radius 2 is 2.06 bits per heavy atom. The van der Waals surface area contributed by atoms with E-state index in [2.05, 4.69) is 42.1 Å². The van der Waals surface area contributed by atoms with Crippen LogP contribution < -0.4 is 11.3 Å². The molecular formula is C13H20BrFN2. The zero-order valence-corrected chi connectivity index (χ0v) is 12.1. The van der Waals surface area contributed by atoms with Crippen LogP contribution in [0.15, 0.2) is 22.7 Å². The highest BCUT2D eigenvalue weighted by Gasteiger charge is 2.18. The molecule has 3 N–H and O–H groups in total. The van der Waals surface area contributed by atoms with Crippen LogP contribution in [0.5, 0.6) is 0 Å². The molecule has 0 aliphatic rings. The number of rotatable bonds is 4. The van der Waals surface area contributed by atoms with Crippen LogP contribution in [0.2, 0.25) is 0 Å². The van der Waals surface area contributed by atoms with Crippen LogP contribution in [0.25, 0.3) is 0 Å². The van der Waals surface area contributed by atoms with Crippen molar-refractivity contribution in [3.8, 4) is 0 Å². The number of hydrogen-bond donors (Lipinski definition) is 2. The van der Waals surface area contributed by atoms with Gasteiger partial charge in [-0.15, -0.1) is 0 Å². The summed E-state index contributed by atoms with van der Waals surface area (Å²) in [6.45, 7) is 6.50. The molecule has 4 heteroatoms. The average molecular weight is 303 g/mol. The molecule has 1 aromatic rings. The van der Waals surface area contributed by atoms with Crippen LogP contribution in [0.3, 0.4) is 0 Å². The smallest absolute Gasteiger partial charge is 0.129 e. The predicted molar refractivity (Wildman–Crippen MR) is 72.9 cm³/mol. The Bertz CT molecular complexity index is 374. The van der Waals surface area contributed by atoms with Crippen LogP contribution in [0, 0.1) is 11.2 Å². The molecule has 0 radical (unpaired) electrons. The van der Waals surface area contributed by atoms with Crippen molar-refractivity contribution < 1.29 is 4.39 Å². The van der Waals surface area contributed by atoms with Gasteiger partial charge in [0.25, 0.3) is 0 Å². The summed E-state index contributed by atoms with van der Waals surface area (Å²) in [6, 6.07) is 4.94. The van der Waals surface area contributed by atoms with Crippen molar-refractivity contribution in [1.82, 2.24) is 5.43 Å². The molecule has 1 rings (SSSR count). The quantitative estimate of drug-likeness (QED) is 0.653. The van der Waals surface area contributed by atoms with Crippen molar-refractivity contribution in [2.75, 3.05) is 0 Å². The fourth-order valence-electron chi connectivity index (χ4n) is 1.69. The van der Waals surface area contributed by atoms with E-state index < -0.39 is 0 Å². The van der Waals surface area contributed by atoms with Gasteiger partial charge >= 0.3 is 0 Å². The summed E-state index contributed by atoms with van der Waals surface area (Å²) in [5.41, 5.74) is 3.54. The third kappa shape index (κ3) is 4.74. The maximum Gasteiger partial charge on any atom is 0.129 e. The lowest BCUT2D eigenvalue weighted by Crippen LogP contribution is -2.29. The molecule has 0 aliphatic heterocycles. The Morgan fingerprint density at radius 1 is 1.41 bits per heavy atom. The minimum Gasteiger partial charge on any atom is -0.271 e. The first-order valence-electron chi connectivity index (χ1n) is 5.74. The monoisotopic (exact) mass is 302 g/mol. The highest BCUT2D eigenvalue weighted by atomic mass is 79.9. The van der Waals surface area contributed by atoms with E-state index in [1.165, 1.54) is 6.07 Å². The van der Waals surface area contributed by atoms with Crippen molar-refractivity contribution in [3.05, 3.63) is 34.1 Å². The summed E-state index contributed by atoms with van der Waals surface area (Å²) >= 11 is 3.25. The van der Waals surface area contributed by atoms with Gasteiger partial charge in [-0.3, -0.25) is 11.3 Å². The lowest BCUT2D eigenvalue weighted by molar-refractivity contribution is 0.330. The molecular weight excluding hydrogens is 283 g/mol. The maximum absolute atomic E-state index is 13.8. The van der Waals surface area contributed by atoms with Crippen LogP contribution >= 0.6 is 15.9 Å². The van der Waals surface area contributed by atoms with E-state index >= 15 is 0 Å². The highest BCUT2D eigenvalue weighted by molar-refractivity contribution is 9.10. The molecule has 1 atom stereocenters. The van der Waals surface area contributed by atoms with Crippen LogP contribution in [-0.4, -0.2) is 0 Å². The Labute approximate surface area is 111 Å². The van der Waals surface area contributed by atoms with Gasteiger partial charge in [0.2, 0.25) is 0 Å². The van der Waals surface area contributed by atoms with Crippen molar-refractivity contribution in [2.24, 2.45) is 11.3 Å². The highest BCUT2D eigenvalue weighted by Crippen LogP contribution is 2.29. The minimum absolute atomic E-state index is 0.137. The maximum atomic E-state index is 13.8. The number of benzene rings is 1. The number of hydrogen-bond acceptors (Lipinski definition) is 2. The molecule has 0 heterocycles. The van der Waals surface area contributed by atoms with Gasteiger partial charge in [0.1, 0.15) is 5.82 Å². The topological polar surface area (TPSA) is 38.0 Å². The number of halogens is 2. The zero-order valence-electron chi connectivity index (χ0n) is 10.6. The number of nitrogens with two attached hydrogens (primary N) is 1. The summed E-state index contributed by atoms with van der Waals surface area (Å²) in [7, 11) is 0. The zero-order chi connectivity index (χ0) is 13.1. The summed E-state index contributed by atoms with van der Waals surface area (Å²) in [6.07, 6.45) is 1.80. The van der Waals surface area contributed by atoms with Gasteiger partial charge in [0.15, 0.2) is 0 Å². The first-order valence-corrected chi connectivity index (χ1v) is 6.54. The van der Waals surface area contributed by atoms with E-state index in [0.717, 1.165) is 17.3 Å². The van der Waals surface area contributed by atoms with Gasteiger partial charge in [-0.2, -0.15) is 0 Å². The standard InChI is InChI=1S/C13H20BrFN2/c1-13(2,3)7-6-12(17-16)10-5-4-9(14)8-11(10)15/h4-5,8,12,17H,6-7,16H2,1-3H3. The Hall–Kier alpha value is -0.450. The first-order chi connectivity index (χ1) is 7.83.